The van der Waals surface area contributed by atoms with E-state index in [-0.39, 0.29) is 23.7 Å². The molecule has 0 saturated carbocycles. The van der Waals surface area contributed by atoms with E-state index in [2.05, 4.69) is 58.1 Å². The molecular formula is C30H46O3. The SMILES string of the molecule is C/C=C\CO/C(=C\C/C=C/C)C(CC)(CC)c1ccc(OCC(=O)C(C)(C)C)c(C(C)C)c1. The smallest absolute Gasteiger partial charge is 0.175 e. The van der Waals surface area contributed by atoms with Crippen molar-refractivity contribution in [3.63, 3.8) is 0 Å². The van der Waals surface area contributed by atoms with Gasteiger partial charge in [0, 0.05) is 5.41 Å². The number of allylic oxidation sites excluding steroid dienone is 5. The topological polar surface area (TPSA) is 35.5 Å². The van der Waals surface area contributed by atoms with Gasteiger partial charge in [-0.25, -0.2) is 0 Å². The summed E-state index contributed by atoms with van der Waals surface area (Å²) in [6, 6.07) is 6.45. The minimum Gasteiger partial charge on any atom is -0.493 e. The van der Waals surface area contributed by atoms with Crippen LogP contribution in [0.15, 0.2) is 54.3 Å². The number of Topliss-reactive ketones (excluding diaryl/α,β-unsaturated/α-hetero) is 1. The summed E-state index contributed by atoms with van der Waals surface area (Å²) in [5.74, 6) is 2.19. The largest absolute Gasteiger partial charge is 0.493 e. The monoisotopic (exact) mass is 454 g/mol. The molecule has 0 aliphatic rings. The van der Waals surface area contributed by atoms with Gasteiger partial charge in [0.15, 0.2) is 5.78 Å². The zero-order valence-corrected chi connectivity index (χ0v) is 22.5. The summed E-state index contributed by atoms with van der Waals surface area (Å²) in [6.07, 6.45) is 13.2. The standard InChI is InChI=1S/C30H46O3/c1-10-14-16-17-28(32-20-15-11-2)30(12-3,13-4)24-18-19-26(25(21-24)23(5)6)33-22-27(31)29(7,8)9/h10-11,14-15,17-19,21,23H,12-13,16,20,22H2,1-9H3/b14-10+,15-11-,28-17-. The number of rotatable bonds is 13. The fourth-order valence-corrected chi connectivity index (χ4v) is 3.88. The lowest BCUT2D eigenvalue weighted by atomic mass is 9.73. The first-order valence-electron chi connectivity index (χ1n) is 12.4. The number of benzene rings is 1. The van der Waals surface area contributed by atoms with E-state index in [1.165, 1.54) is 5.56 Å². The summed E-state index contributed by atoms with van der Waals surface area (Å²) >= 11 is 0. The normalized spacial score (nSPS) is 13.3. The van der Waals surface area contributed by atoms with Crippen molar-refractivity contribution < 1.29 is 14.3 Å². The fraction of sp³-hybridized carbons (Fsp3) is 0.567. The van der Waals surface area contributed by atoms with Crippen molar-refractivity contribution in [2.24, 2.45) is 5.41 Å². The average molecular weight is 455 g/mol. The van der Waals surface area contributed by atoms with Crippen molar-refractivity contribution in [3.8, 4) is 5.75 Å². The van der Waals surface area contributed by atoms with Crippen molar-refractivity contribution in [3.05, 3.63) is 65.5 Å². The van der Waals surface area contributed by atoms with Crippen molar-refractivity contribution in [2.75, 3.05) is 13.2 Å². The van der Waals surface area contributed by atoms with E-state index in [4.69, 9.17) is 9.47 Å². The molecule has 0 saturated heterocycles. The summed E-state index contributed by atoms with van der Waals surface area (Å²) in [5.41, 5.74) is 1.74. The van der Waals surface area contributed by atoms with Gasteiger partial charge < -0.3 is 9.47 Å². The van der Waals surface area contributed by atoms with Crippen LogP contribution in [-0.4, -0.2) is 19.0 Å². The average Bonchev–Trinajstić information content (AvgIpc) is 2.78. The van der Waals surface area contributed by atoms with Crippen molar-refractivity contribution in [1.29, 1.82) is 0 Å². The van der Waals surface area contributed by atoms with Crippen LogP contribution in [0.5, 0.6) is 5.75 Å². The number of hydrogen-bond donors (Lipinski definition) is 0. The van der Waals surface area contributed by atoms with Crippen LogP contribution in [0.2, 0.25) is 0 Å². The van der Waals surface area contributed by atoms with E-state index in [1.54, 1.807) is 0 Å². The Kier molecular flexibility index (Phi) is 11.7. The van der Waals surface area contributed by atoms with Crippen molar-refractivity contribution in [1.82, 2.24) is 0 Å². The predicted molar refractivity (Wildman–Crippen MR) is 141 cm³/mol. The maximum Gasteiger partial charge on any atom is 0.175 e. The summed E-state index contributed by atoms with van der Waals surface area (Å²) in [7, 11) is 0. The third-order valence-electron chi connectivity index (χ3n) is 6.30. The Balaban J connectivity index is 3.46. The highest BCUT2D eigenvalue weighted by Crippen LogP contribution is 2.42. The molecule has 184 valence electrons. The van der Waals surface area contributed by atoms with Crippen molar-refractivity contribution in [2.45, 2.75) is 92.9 Å². The molecule has 0 fully saturated rings. The van der Waals surface area contributed by atoms with E-state index in [1.807, 2.05) is 52.8 Å². The second-order valence-corrected chi connectivity index (χ2v) is 9.91. The molecule has 0 amide bonds. The van der Waals surface area contributed by atoms with Crippen LogP contribution < -0.4 is 4.74 Å². The van der Waals surface area contributed by atoms with E-state index in [9.17, 15) is 4.79 Å². The van der Waals surface area contributed by atoms with Gasteiger partial charge in [-0.3, -0.25) is 4.79 Å². The van der Waals surface area contributed by atoms with E-state index >= 15 is 0 Å². The molecule has 0 radical (unpaired) electrons. The van der Waals surface area contributed by atoms with Gasteiger partial charge in [0.05, 0.1) is 5.41 Å². The minimum absolute atomic E-state index is 0.0935. The lowest BCUT2D eigenvalue weighted by molar-refractivity contribution is -0.128. The van der Waals surface area contributed by atoms with Gasteiger partial charge in [-0.05, 0) is 62.3 Å². The van der Waals surface area contributed by atoms with E-state index in [0.717, 1.165) is 36.3 Å². The molecule has 3 heteroatoms. The van der Waals surface area contributed by atoms with E-state index < -0.39 is 5.41 Å². The first kappa shape index (κ1) is 28.7. The van der Waals surface area contributed by atoms with Crippen LogP contribution >= 0.6 is 0 Å². The number of ether oxygens (including phenoxy) is 2. The van der Waals surface area contributed by atoms with Gasteiger partial charge in [-0.1, -0.05) is 84.9 Å². The van der Waals surface area contributed by atoms with Gasteiger partial charge in [0.1, 0.15) is 24.7 Å². The summed E-state index contributed by atoms with van der Waals surface area (Å²) < 4.78 is 12.4. The van der Waals surface area contributed by atoms with Crippen LogP contribution in [0.25, 0.3) is 0 Å². The molecule has 0 atom stereocenters. The molecule has 0 unspecified atom stereocenters. The minimum atomic E-state index is -0.408. The molecule has 33 heavy (non-hydrogen) atoms. The quantitative estimate of drug-likeness (QED) is 0.222. The highest BCUT2D eigenvalue weighted by atomic mass is 16.5. The Hall–Kier alpha value is -2.29. The molecule has 3 nitrogen and oxygen atoms in total. The third kappa shape index (κ3) is 7.91. The molecule has 1 rings (SSSR count). The van der Waals surface area contributed by atoms with Crippen LogP contribution in [0.1, 0.15) is 98.6 Å². The highest BCUT2D eigenvalue weighted by molar-refractivity contribution is 5.85. The van der Waals surface area contributed by atoms with E-state index in [0.29, 0.717) is 6.61 Å². The molecule has 0 aliphatic carbocycles. The molecular weight excluding hydrogens is 408 g/mol. The summed E-state index contributed by atoms with van der Waals surface area (Å²) in [4.78, 5) is 12.4. The summed E-state index contributed by atoms with van der Waals surface area (Å²) in [6.45, 7) is 19.3. The number of carbonyl (C=O) groups excluding carboxylic acids is 1. The molecule has 0 aromatic heterocycles. The summed E-state index contributed by atoms with van der Waals surface area (Å²) in [5, 5.41) is 0. The zero-order chi connectivity index (χ0) is 25.1. The Bertz CT molecular complexity index is 831. The van der Waals surface area contributed by atoms with Gasteiger partial charge in [-0.15, -0.1) is 0 Å². The predicted octanol–water partition coefficient (Wildman–Crippen LogP) is 8.30. The maximum atomic E-state index is 12.4. The molecule has 0 N–H and O–H groups in total. The second-order valence-electron chi connectivity index (χ2n) is 9.91. The van der Waals surface area contributed by atoms with Crippen LogP contribution in [0.4, 0.5) is 0 Å². The molecule has 0 aliphatic heterocycles. The van der Waals surface area contributed by atoms with Gasteiger partial charge >= 0.3 is 0 Å². The molecule has 0 spiro atoms. The number of carbonyl (C=O) groups is 1. The Morgan fingerprint density at radius 2 is 1.67 bits per heavy atom. The van der Waals surface area contributed by atoms with Crippen molar-refractivity contribution >= 4 is 5.78 Å². The van der Waals surface area contributed by atoms with Gasteiger partial charge in [0.2, 0.25) is 0 Å². The second kappa shape index (κ2) is 13.4. The Morgan fingerprint density at radius 3 is 2.18 bits per heavy atom. The zero-order valence-electron chi connectivity index (χ0n) is 22.5. The first-order chi connectivity index (χ1) is 15.6. The maximum absolute atomic E-state index is 12.4. The lowest BCUT2D eigenvalue weighted by Gasteiger charge is -2.35. The Morgan fingerprint density at radius 1 is 1.03 bits per heavy atom. The van der Waals surface area contributed by atoms with Gasteiger partial charge in [0.25, 0.3) is 0 Å². The Labute approximate surface area is 203 Å². The highest BCUT2D eigenvalue weighted by Gasteiger charge is 2.35. The van der Waals surface area contributed by atoms with Crippen LogP contribution in [0.3, 0.4) is 0 Å². The van der Waals surface area contributed by atoms with Crippen LogP contribution in [-0.2, 0) is 14.9 Å². The third-order valence-corrected chi connectivity index (χ3v) is 6.30. The first-order valence-corrected chi connectivity index (χ1v) is 12.4. The number of hydrogen-bond acceptors (Lipinski definition) is 3. The molecule has 1 aromatic rings. The lowest BCUT2D eigenvalue weighted by Crippen LogP contribution is -2.29. The van der Waals surface area contributed by atoms with Crippen LogP contribution in [0, 0.1) is 5.41 Å². The number of ketones is 1. The van der Waals surface area contributed by atoms with Gasteiger partial charge in [-0.2, -0.15) is 0 Å². The molecule has 0 bridgehead atoms. The molecule has 0 heterocycles. The molecule has 1 aromatic carbocycles. The fourth-order valence-electron chi connectivity index (χ4n) is 3.88.